The van der Waals surface area contributed by atoms with Crippen LogP contribution in [0.2, 0.25) is 0 Å². The van der Waals surface area contributed by atoms with E-state index < -0.39 is 10.8 Å². The number of H-pyrrole nitrogens is 1. The second-order valence-corrected chi connectivity index (χ2v) is 6.64. The third-order valence-corrected chi connectivity index (χ3v) is 4.68. The fourth-order valence-corrected chi connectivity index (χ4v) is 3.16. The highest BCUT2D eigenvalue weighted by molar-refractivity contribution is 6.10. The van der Waals surface area contributed by atoms with Crippen molar-refractivity contribution in [3.05, 3.63) is 94.2 Å². The summed E-state index contributed by atoms with van der Waals surface area (Å²) < 4.78 is 0. The van der Waals surface area contributed by atoms with Gasteiger partial charge in [0, 0.05) is 23.3 Å². The smallest absolute Gasteiger partial charge is 0.272 e. The lowest BCUT2D eigenvalue weighted by atomic mass is 10.0. The van der Waals surface area contributed by atoms with Gasteiger partial charge in [-0.2, -0.15) is 10.2 Å². The first kappa shape index (κ1) is 19.0. The van der Waals surface area contributed by atoms with Crippen LogP contribution in [0.1, 0.15) is 23.0 Å². The molecule has 0 aliphatic carbocycles. The highest BCUT2D eigenvalue weighted by atomic mass is 16.6. The van der Waals surface area contributed by atoms with Crippen molar-refractivity contribution in [3.8, 4) is 11.3 Å². The van der Waals surface area contributed by atoms with E-state index in [1.165, 1.54) is 18.2 Å². The van der Waals surface area contributed by atoms with Crippen molar-refractivity contribution in [1.82, 2.24) is 15.6 Å². The summed E-state index contributed by atoms with van der Waals surface area (Å²) >= 11 is 0. The normalized spacial score (nSPS) is 11.4. The van der Waals surface area contributed by atoms with E-state index in [2.05, 4.69) is 20.7 Å². The standard InChI is InChI=1S/C22H17N5O3/c1-14(18-11-5-7-15-6-2-3-10-19(15)18)23-26-22(28)21-13-20(24-25-21)16-8-4-9-17(12-16)27(29)30/h2-13H,1H3,(H,24,25)(H,26,28)/b23-14-. The van der Waals surface area contributed by atoms with E-state index in [4.69, 9.17) is 0 Å². The number of hydrogen-bond acceptors (Lipinski definition) is 5. The highest BCUT2D eigenvalue weighted by Crippen LogP contribution is 2.23. The molecule has 0 radical (unpaired) electrons. The maximum atomic E-state index is 12.5. The van der Waals surface area contributed by atoms with Gasteiger partial charge >= 0.3 is 0 Å². The Morgan fingerprint density at radius 3 is 2.67 bits per heavy atom. The molecule has 148 valence electrons. The van der Waals surface area contributed by atoms with Gasteiger partial charge in [-0.15, -0.1) is 0 Å². The molecule has 8 heteroatoms. The summed E-state index contributed by atoms with van der Waals surface area (Å²) in [5.74, 6) is -0.459. The molecule has 4 aromatic rings. The second-order valence-electron chi connectivity index (χ2n) is 6.64. The van der Waals surface area contributed by atoms with Crippen LogP contribution in [0.4, 0.5) is 5.69 Å². The number of aromatic nitrogens is 2. The predicted octanol–water partition coefficient (Wildman–Crippen LogP) is 4.29. The van der Waals surface area contributed by atoms with Crippen LogP contribution < -0.4 is 5.43 Å². The number of benzene rings is 3. The number of hydrogen-bond donors (Lipinski definition) is 2. The van der Waals surface area contributed by atoms with Crippen molar-refractivity contribution < 1.29 is 9.72 Å². The maximum Gasteiger partial charge on any atom is 0.289 e. The van der Waals surface area contributed by atoms with Gasteiger partial charge in [0.2, 0.25) is 0 Å². The molecule has 0 unspecified atom stereocenters. The molecule has 0 aliphatic rings. The Morgan fingerprint density at radius 2 is 1.83 bits per heavy atom. The second kappa shape index (κ2) is 7.96. The number of amides is 1. The Morgan fingerprint density at radius 1 is 1.07 bits per heavy atom. The Kier molecular flexibility index (Phi) is 5.04. The molecule has 1 aromatic heterocycles. The zero-order valence-corrected chi connectivity index (χ0v) is 16.0. The Labute approximate surface area is 171 Å². The van der Waals surface area contributed by atoms with E-state index in [1.807, 2.05) is 49.4 Å². The molecular weight excluding hydrogens is 382 g/mol. The van der Waals surface area contributed by atoms with Crippen molar-refractivity contribution in [3.63, 3.8) is 0 Å². The lowest BCUT2D eigenvalue weighted by Crippen LogP contribution is -2.19. The van der Waals surface area contributed by atoms with Gasteiger partial charge in [0.1, 0.15) is 5.69 Å². The Balaban J connectivity index is 1.53. The largest absolute Gasteiger partial charge is 0.289 e. The summed E-state index contributed by atoms with van der Waals surface area (Å²) in [7, 11) is 0. The van der Waals surface area contributed by atoms with E-state index in [-0.39, 0.29) is 11.4 Å². The first-order chi connectivity index (χ1) is 14.5. The van der Waals surface area contributed by atoms with Gasteiger partial charge in [-0.25, -0.2) is 5.43 Å². The van der Waals surface area contributed by atoms with Gasteiger partial charge in [-0.05, 0) is 23.8 Å². The number of non-ortho nitro benzene ring substituents is 1. The van der Waals surface area contributed by atoms with Crippen molar-refractivity contribution >= 4 is 28.1 Å². The van der Waals surface area contributed by atoms with E-state index >= 15 is 0 Å². The van der Waals surface area contributed by atoms with Crippen LogP contribution in [0.5, 0.6) is 0 Å². The van der Waals surface area contributed by atoms with Crippen LogP contribution in [0.3, 0.4) is 0 Å². The summed E-state index contributed by atoms with van der Waals surface area (Å²) in [5.41, 5.74) is 5.24. The van der Waals surface area contributed by atoms with Crippen molar-refractivity contribution in [1.29, 1.82) is 0 Å². The molecule has 30 heavy (non-hydrogen) atoms. The van der Waals surface area contributed by atoms with Crippen LogP contribution in [0, 0.1) is 10.1 Å². The molecule has 0 bridgehead atoms. The fraction of sp³-hybridized carbons (Fsp3) is 0.0455. The number of nitrogens with zero attached hydrogens (tertiary/aromatic N) is 3. The van der Waals surface area contributed by atoms with Gasteiger partial charge < -0.3 is 0 Å². The summed E-state index contributed by atoms with van der Waals surface area (Å²) in [6, 6.07) is 21.4. The summed E-state index contributed by atoms with van der Waals surface area (Å²) in [6.45, 7) is 1.82. The molecule has 0 spiro atoms. The lowest BCUT2D eigenvalue weighted by Gasteiger charge is -2.06. The molecule has 3 aromatic carbocycles. The fourth-order valence-electron chi connectivity index (χ4n) is 3.16. The number of carbonyl (C=O) groups is 1. The van der Waals surface area contributed by atoms with Crippen LogP contribution in [-0.2, 0) is 0 Å². The first-order valence-corrected chi connectivity index (χ1v) is 9.16. The monoisotopic (exact) mass is 399 g/mol. The van der Waals surface area contributed by atoms with Gasteiger partial charge in [-0.3, -0.25) is 20.0 Å². The summed E-state index contributed by atoms with van der Waals surface area (Å²) in [5, 5.41) is 24.0. The zero-order chi connectivity index (χ0) is 21.1. The highest BCUT2D eigenvalue weighted by Gasteiger charge is 2.13. The SMILES string of the molecule is C/C(=N/NC(=O)c1cc(-c2cccc([N+](=O)[O-])c2)n[nH]1)c1cccc2ccccc12. The Bertz CT molecular complexity index is 1290. The molecule has 8 nitrogen and oxygen atoms in total. The number of nitrogens with one attached hydrogen (secondary N) is 2. The number of nitro benzene ring substituents is 1. The van der Waals surface area contributed by atoms with Crippen LogP contribution in [0.25, 0.3) is 22.0 Å². The molecule has 0 aliphatic heterocycles. The first-order valence-electron chi connectivity index (χ1n) is 9.16. The molecule has 0 fully saturated rings. The van der Waals surface area contributed by atoms with Crippen LogP contribution >= 0.6 is 0 Å². The number of fused-ring (bicyclic) bond motifs is 1. The quantitative estimate of drug-likeness (QED) is 0.296. The van der Waals surface area contributed by atoms with Crippen LogP contribution in [-0.4, -0.2) is 26.7 Å². The Hall–Kier alpha value is -4.33. The van der Waals surface area contributed by atoms with Gasteiger partial charge in [0.05, 0.1) is 16.3 Å². The van der Waals surface area contributed by atoms with Crippen LogP contribution in [0.15, 0.2) is 77.9 Å². The zero-order valence-electron chi connectivity index (χ0n) is 16.0. The average Bonchev–Trinajstić information content (AvgIpc) is 3.27. The summed E-state index contributed by atoms with van der Waals surface area (Å²) in [4.78, 5) is 22.9. The molecule has 0 atom stereocenters. The van der Waals surface area contributed by atoms with Gasteiger partial charge in [-0.1, -0.05) is 54.6 Å². The number of aromatic amines is 1. The topological polar surface area (TPSA) is 113 Å². The van der Waals surface area contributed by atoms with E-state index in [0.29, 0.717) is 17.0 Å². The van der Waals surface area contributed by atoms with E-state index in [9.17, 15) is 14.9 Å². The van der Waals surface area contributed by atoms with Crippen molar-refractivity contribution in [2.45, 2.75) is 6.92 Å². The third kappa shape index (κ3) is 3.79. The molecule has 4 rings (SSSR count). The van der Waals surface area contributed by atoms with Crippen molar-refractivity contribution in [2.75, 3.05) is 0 Å². The average molecular weight is 399 g/mol. The third-order valence-electron chi connectivity index (χ3n) is 4.68. The molecular formula is C22H17N5O3. The molecule has 0 saturated heterocycles. The summed E-state index contributed by atoms with van der Waals surface area (Å²) in [6.07, 6.45) is 0. The number of rotatable bonds is 5. The predicted molar refractivity (Wildman–Crippen MR) is 114 cm³/mol. The molecule has 2 N–H and O–H groups in total. The number of hydrazone groups is 1. The number of nitro groups is 1. The molecule has 1 heterocycles. The minimum Gasteiger partial charge on any atom is -0.272 e. The van der Waals surface area contributed by atoms with Crippen molar-refractivity contribution in [2.24, 2.45) is 5.10 Å². The molecule has 1 amide bonds. The minimum atomic E-state index is -0.478. The van der Waals surface area contributed by atoms with E-state index in [1.54, 1.807) is 12.1 Å². The molecule has 0 saturated carbocycles. The lowest BCUT2D eigenvalue weighted by molar-refractivity contribution is -0.384. The maximum absolute atomic E-state index is 12.5. The minimum absolute atomic E-state index is 0.0446. The van der Waals surface area contributed by atoms with E-state index in [0.717, 1.165) is 16.3 Å². The van der Waals surface area contributed by atoms with Gasteiger partial charge in [0.15, 0.2) is 0 Å². The number of carbonyl (C=O) groups excluding carboxylic acids is 1. The van der Waals surface area contributed by atoms with Gasteiger partial charge in [0.25, 0.3) is 11.6 Å².